The van der Waals surface area contributed by atoms with Crippen molar-refractivity contribution >= 4 is 43.1 Å². The van der Waals surface area contributed by atoms with E-state index in [0.717, 1.165) is 22.6 Å². The first-order valence-electron chi connectivity index (χ1n) is 15.8. The Kier molecular flexibility index (Phi) is 5.53. The monoisotopic (exact) mass is 576 g/mol. The standard InChI is InChI=1S/C44H32O/c1-44(2,3)30-19-15-28(16-20-30)32-23-24-38-36-22-18-29(25-42(36)45-41-14-8-13-37(32)43(38)41)39-26-40-31-10-5-4-9-27(31)17-21-35(40)33-11-6-7-12-34(33)39/h4-26H,1-3H3. The third-order valence-corrected chi connectivity index (χ3v) is 9.63. The minimum Gasteiger partial charge on any atom is -0.456 e. The first-order valence-corrected chi connectivity index (χ1v) is 15.8. The molecule has 8 aromatic carbocycles. The Hall–Kier alpha value is -5.40. The lowest BCUT2D eigenvalue weighted by molar-refractivity contribution is 0.487. The van der Waals surface area contributed by atoms with Crippen LogP contribution < -0.4 is 4.74 Å². The zero-order valence-electron chi connectivity index (χ0n) is 25.7. The molecular formula is C44H32O. The average molecular weight is 577 g/mol. The number of fused-ring (bicyclic) bond motifs is 7. The summed E-state index contributed by atoms with van der Waals surface area (Å²) in [7, 11) is 0. The number of benzene rings is 8. The van der Waals surface area contributed by atoms with Gasteiger partial charge in [-0.05, 0) is 101 Å². The summed E-state index contributed by atoms with van der Waals surface area (Å²) in [6.07, 6.45) is 0. The molecule has 0 radical (unpaired) electrons. The summed E-state index contributed by atoms with van der Waals surface area (Å²) in [5, 5.41) is 10.0. The Balaban J connectivity index is 1.21. The Morgan fingerprint density at radius 1 is 0.400 bits per heavy atom. The van der Waals surface area contributed by atoms with Crippen molar-refractivity contribution in [3.05, 3.63) is 145 Å². The van der Waals surface area contributed by atoms with Crippen LogP contribution in [0.4, 0.5) is 0 Å². The highest BCUT2D eigenvalue weighted by Crippen LogP contribution is 2.50. The highest BCUT2D eigenvalue weighted by molar-refractivity contribution is 6.21. The maximum absolute atomic E-state index is 6.74. The molecule has 0 bridgehead atoms. The van der Waals surface area contributed by atoms with E-state index in [1.165, 1.54) is 70.9 Å². The molecule has 0 atom stereocenters. The molecule has 0 N–H and O–H groups in total. The van der Waals surface area contributed by atoms with Crippen molar-refractivity contribution in [3.63, 3.8) is 0 Å². The van der Waals surface area contributed by atoms with Crippen LogP contribution in [0.2, 0.25) is 0 Å². The molecule has 0 spiro atoms. The molecule has 1 aliphatic heterocycles. The number of rotatable bonds is 2. The van der Waals surface area contributed by atoms with E-state index in [9.17, 15) is 0 Å². The SMILES string of the molecule is CC(C)(C)c1ccc(-c2ccc3c4c(cccc24)Oc2cc(-c4cc5c6ccccc6ccc5c5ccccc45)ccc2-3)cc1. The molecule has 0 unspecified atom stereocenters. The first kappa shape index (κ1) is 26.0. The van der Waals surface area contributed by atoms with Gasteiger partial charge in [-0.15, -0.1) is 0 Å². The van der Waals surface area contributed by atoms with Crippen LogP contribution in [0.5, 0.6) is 11.5 Å². The number of hydrogen-bond donors (Lipinski definition) is 0. The Labute approximate surface area is 263 Å². The van der Waals surface area contributed by atoms with E-state index in [1.54, 1.807) is 0 Å². The van der Waals surface area contributed by atoms with Gasteiger partial charge in [0.05, 0.1) is 0 Å². The van der Waals surface area contributed by atoms with E-state index in [4.69, 9.17) is 4.74 Å². The van der Waals surface area contributed by atoms with Crippen molar-refractivity contribution in [1.29, 1.82) is 0 Å². The van der Waals surface area contributed by atoms with Gasteiger partial charge in [-0.1, -0.05) is 136 Å². The molecule has 0 amide bonds. The maximum Gasteiger partial charge on any atom is 0.135 e. The molecule has 45 heavy (non-hydrogen) atoms. The van der Waals surface area contributed by atoms with Crippen LogP contribution >= 0.6 is 0 Å². The van der Waals surface area contributed by atoms with E-state index in [0.29, 0.717) is 0 Å². The minimum absolute atomic E-state index is 0.127. The van der Waals surface area contributed by atoms with Gasteiger partial charge in [0.15, 0.2) is 0 Å². The second-order valence-corrected chi connectivity index (χ2v) is 13.3. The van der Waals surface area contributed by atoms with Crippen molar-refractivity contribution in [3.8, 4) is 44.9 Å². The minimum atomic E-state index is 0.127. The van der Waals surface area contributed by atoms with Crippen molar-refractivity contribution in [2.75, 3.05) is 0 Å². The summed E-state index contributed by atoms with van der Waals surface area (Å²) in [5.41, 5.74) is 8.66. The van der Waals surface area contributed by atoms with Gasteiger partial charge in [-0.2, -0.15) is 0 Å². The number of hydrogen-bond acceptors (Lipinski definition) is 1. The predicted molar refractivity (Wildman–Crippen MR) is 192 cm³/mol. The second-order valence-electron chi connectivity index (χ2n) is 13.3. The van der Waals surface area contributed by atoms with Gasteiger partial charge in [0.2, 0.25) is 0 Å². The fourth-order valence-electron chi connectivity index (χ4n) is 7.30. The van der Waals surface area contributed by atoms with Crippen LogP contribution in [-0.2, 0) is 5.41 Å². The predicted octanol–water partition coefficient (Wildman–Crippen LogP) is 12.7. The Bertz CT molecular complexity index is 2470. The first-order chi connectivity index (χ1) is 21.9. The van der Waals surface area contributed by atoms with Crippen molar-refractivity contribution in [1.82, 2.24) is 0 Å². The molecule has 1 nitrogen and oxygen atoms in total. The van der Waals surface area contributed by atoms with Gasteiger partial charge in [0, 0.05) is 10.9 Å². The van der Waals surface area contributed by atoms with Crippen LogP contribution in [-0.4, -0.2) is 0 Å². The highest BCUT2D eigenvalue weighted by Gasteiger charge is 2.23. The van der Waals surface area contributed by atoms with E-state index in [2.05, 4.69) is 160 Å². The van der Waals surface area contributed by atoms with E-state index in [-0.39, 0.29) is 5.41 Å². The summed E-state index contributed by atoms with van der Waals surface area (Å²) in [6, 6.07) is 51.1. The van der Waals surface area contributed by atoms with Crippen LogP contribution in [0.3, 0.4) is 0 Å². The topological polar surface area (TPSA) is 9.23 Å². The summed E-state index contributed by atoms with van der Waals surface area (Å²) < 4.78 is 6.74. The fraction of sp³-hybridized carbons (Fsp3) is 0.0909. The average Bonchev–Trinajstić information content (AvgIpc) is 3.07. The van der Waals surface area contributed by atoms with Gasteiger partial charge in [0.25, 0.3) is 0 Å². The summed E-state index contributed by atoms with van der Waals surface area (Å²) in [5.74, 6) is 1.81. The molecule has 0 aromatic heterocycles. The summed E-state index contributed by atoms with van der Waals surface area (Å²) in [4.78, 5) is 0. The zero-order chi connectivity index (χ0) is 30.3. The quantitative estimate of drug-likeness (QED) is 0.186. The van der Waals surface area contributed by atoms with Crippen molar-refractivity contribution in [2.45, 2.75) is 26.2 Å². The lowest BCUT2D eigenvalue weighted by atomic mass is 9.85. The van der Waals surface area contributed by atoms with Crippen molar-refractivity contribution in [2.24, 2.45) is 0 Å². The summed E-state index contributed by atoms with van der Waals surface area (Å²) >= 11 is 0. The highest BCUT2D eigenvalue weighted by atomic mass is 16.5. The lowest BCUT2D eigenvalue weighted by Gasteiger charge is -2.24. The normalized spacial score (nSPS) is 12.5. The van der Waals surface area contributed by atoms with Gasteiger partial charge in [-0.25, -0.2) is 0 Å². The molecular weight excluding hydrogens is 544 g/mol. The largest absolute Gasteiger partial charge is 0.456 e. The van der Waals surface area contributed by atoms with Gasteiger partial charge < -0.3 is 4.74 Å². The smallest absolute Gasteiger partial charge is 0.135 e. The van der Waals surface area contributed by atoms with Crippen LogP contribution in [0.15, 0.2) is 140 Å². The second kappa shape index (κ2) is 9.55. The van der Waals surface area contributed by atoms with Crippen LogP contribution in [0, 0.1) is 0 Å². The Morgan fingerprint density at radius 2 is 1.07 bits per heavy atom. The van der Waals surface area contributed by atoms with Gasteiger partial charge in [-0.3, -0.25) is 0 Å². The number of ether oxygens (including phenoxy) is 1. The molecule has 1 aliphatic rings. The molecule has 9 rings (SSSR count). The lowest BCUT2D eigenvalue weighted by Crippen LogP contribution is -2.10. The molecule has 8 aromatic rings. The maximum atomic E-state index is 6.74. The van der Waals surface area contributed by atoms with E-state index in [1.807, 2.05) is 0 Å². The van der Waals surface area contributed by atoms with Gasteiger partial charge >= 0.3 is 0 Å². The van der Waals surface area contributed by atoms with Crippen LogP contribution in [0.1, 0.15) is 26.3 Å². The molecule has 0 saturated carbocycles. The molecule has 1 heterocycles. The molecule has 0 saturated heterocycles. The zero-order valence-corrected chi connectivity index (χ0v) is 25.7. The summed E-state index contributed by atoms with van der Waals surface area (Å²) in [6.45, 7) is 6.78. The third kappa shape index (κ3) is 4.01. The van der Waals surface area contributed by atoms with E-state index < -0.39 is 0 Å². The molecule has 0 fully saturated rings. The fourth-order valence-corrected chi connectivity index (χ4v) is 7.30. The van der Waals surface area contributed by atoms with Crippen molar-refractivity contribution < 1.29 is 4.74 Å². The third-order valence-electron chi connectivity index (χ3n) is 9.63. The van der Waals surface area contributed by atoms with Gasteiger partial charge in [0.1, 0.15) is 11.5 Å². The van der Waals surface area contributed by atoms with Crippen LogP contribution in [0.25, 0.3) is 76.5 Å². The molecule has 1 heteroatoms. The molecule has 214 valence electrons. The molecule has 0 aliphatic carbocycles. The van der Waals surface area contributed by atoms with E-state index >= 15 is 0 Å². The Morgan fingerprint density at radius 3 is 1.89 bits per heavy atom.